The second kappa shape index (κ2) is 8.84. The number of aromatic carboxylic acids is 1. The largest absolute Gasteiger partial charge is 0.506 e. The van der Waals surface area contributed by atoms with Gasteiger partial charge in [-0.05, 0) is 69.0 Å². The molecule has 35 heavy (non-hydrogen) atoms. The van der Waals surface area contributed by atoms with Gasteiger partial charge in [0, 0.05) is 54.9 Å². The number of hydrogen-bond acceptors (Lipinski definition) is 5. The lowest BCUT2D eigenvalue weighted by molar-refractivity contribution is 0.0691. The first-order valence-electron chi connectivity index (χ1n) is 12.4. The molecule has 0 radical (unpaired) electrons. The number of benzene rings is 1. The molecule has 186 valence electrons. The average Bonchev–Trinajstić information content (AvgIpc) is 3.46. The van der Waals surface area contributed by atoms with Gasteiger partial charge in [0.25, 0.3) is 5.56 Å². The van der Waals surface area contributed by atoms with Gasteiger partial charge in [0.2, 0.25) is 0 Å². The van der Waals surface area contributed by atoms with E-state index in [2.05, 4.69) is 46.6 Å². The van der Waals surface area contributed by atoms with E-state index in [4.69, 9.17) is 0 Å². The number of carboxylic acid groups (broad SMARTS) is 1. The first-order valence-corrected chi connectivity index (χ1v) is 12.4. The van der Waals surface area contributed by atoms with Crippen molar-refractivity contribution in [3.8, 4) is 17.0 Å². The molecule has 8 heteroatoms. The van der Waals surface area contributed by atoms with Crippen molar-refractivity contribution in [3.63, 3.8) is 0 Å². The fourth-order valence-electron chi connectivity index (χ4n) is 6.46. The first kappa shape index (κ1) is 23.6. The normalized spacial score (nSPS) is 22.4. The summed E-state index contributed by atoms with van der Waals surface area (Å²) in [7, 11) is 6.48. The van der Waals surface area contributed by atoms with Crippen LogP contribution in [0.1, 0.15) is 41.4 Å². The van der Waals surface area contributed by atoms with E-state index in [-0.39, 0.29) is 0 Å². The highest BCUT2D eigenvalue weighted by atomic mass is 16.4. The van der Waals surface area contributed by atoms with Gasteiger partial charge in [0.15, 0.2) is 5.56 Å². The summed E-state index contributed by atoms with van der Waals surface area (Å²) in [4.78, 5) is 31.5. The second-order valence-electron chi connectivity index (χ2n) is 10.4. The highest BCUT2D eigenvalue weighted by molar-refractivity contribution is 5.92. The average molecular weight is 479 g/mol. The van der Waals surface area contributed by atoms with Crippen LogP contribution in [0.3, 0.4) is 0 Å². The molecule has 1 saturated carbocycles. The van der Waals surface area contributed by atoms with Crippen molar-refractivity contribution in [3.05, 3.63) is 51.4 Å². The number of nitrogens with one attached hydrogen (secondary N) is 1. The highest BCUT2D eigenvalue weighted by Gasteiger charge is 2.43. The molecule has 0 amide bonds. The van der Waals surface area contributed by atoms with Gasteiger partial charge in [-0.2, -0.15) is 0 Å². The topological polar surface area (TPSA) is 102 Å². The van der Waals surface area contributed by atoms with Crippen LogP contribution < -0.4 is 5.56 Å². The van der Waals surface area contributed by atoms with Crippen molar-refractivity contribution in [2.24, 2.45) is 18.9 Å². The van der Waals surface area contributed by atoms with Gasteiger partial charge in [0.1, 0.15) is 5.75 Å². The van der Waals surface area contributed by atoms with Gasteiger partial charge in [-0.25, -0.2) is 4.79 Å². The number of carboxylic acids is 1. The summed E-state index contributed by atoms with van der Waals surface area (Å²) in [5.74, 6) is -0.356. The van der Waals surface area contributed by atoms with Crippen LogP contribution in [0, 0.1) is 11.8 Å². The van der Waals surface area contributed by atoms with Gasteiger partial charge < -0.3 is 24.7 Å². The lowest BCUT2D eigenvalue weighted by atomic mass is 9.97. The molecule has 5 rings (SSSR count). The van der Waals surface area contributed by atoms with Crippen molar-refractivity contribution in [2.75, 3.05) is 27.2 Å². The van der Waals surface area contributed by atoms with Gasteiger partial charge in [-0.1, -0.05) is 13.0 Å². The fourth-order valence-corrected chi connectivity index (χ4v) is 6.46. The maximum Gasteiger partial charge on any atom is 0.345 e. The maximum atomic E-state index is 12.4. The van der Waals surface area contributed by atoms with Crippen molar-refractivity contribution in [1.82, 2.24) is 19.4 Å². The Morgan fingerprint density at radius 2 is 1.97 bits per heavy atom. The third-order valence-electron chi connectivity index (χ3n) is 8.23. The number of hydrogen-bond donors (Lipinski definition) is 3. The monoisotopic (exact) mass is 478 g/mol. The summed E-state index contributed by atoms with van der Waals surface area (Å²) in [5.41, 5.74) is 2.58. The third-order valence-corrected chi connectivity index (χ3v) is 8.23. The molecule has 3 heterocycles. The van der Waals surface area contributed by atoms with Gasteiger partial charge in [0.05, 0.1) is 5.69 Å². The predicted octanol–water partition coefficient (Wildman–Crippen LogP) is 3.27. The molecule has 3 N–H and O–H groups in total. The zero-order valence-electron chi connectivity index (χ0n) is 20.8. The number of likely N-dealkylation sites (tertiary alicyclic amines) is 1. The Kier molecular flexibility index (Phi) is 5.97. The van der Waals surface area contributed by atoms with E-state index >= 15 is 0 Å². The molecule has 1 saturated heterocycles. The molecule has 3 atom stereocenters. The number of pyridine rings is 1. The number of aryl methyl sites for hydroxylation is 1. The summed E-state index contributed by atoms with van der Waals surface area (Å²) in [5, 5.41) is 20.9. The SMILES string of the molecule is CCc1c(-c2ccc3c(c2)cc(CN2C[C@H]4CC[C@@H](N(C)C)[C@H]4C2)n3C)[nH]c(=O)c(C(=O)O)c1O. The van der Waals surface area contributed by atoms with Crippen molar-refractivity contribution in [1.29, 1.82) is 0 Å². The number of fused-ring (bicyclic) bond motifs is 2. The highest BCUT2D eigenvalue weighted by Crippen LogP contribution is 2.40. The summed E-state index contributed by atoms with van der Waals surface area (Å²) < 4.78 is 2.23. The van der Waals surface area contributed by atoms with Gasteiger partial charge in [-0.15, -0.1) is 0 Å². The Balaban J connectivity index is 1.45. The predicted molar refractivity (Wildman–Crippen MR) is 136 cm³/mol. The van der Waals surface area contributed by atoms with E-state index in [1.165, 1.54) is 18.5 Å². The number of aromatic hydroxyl groups is 1. The summed E-state index contributed by atoms with van der Waals surface area (Å²) in [6.45, 7) is 5.02. The molecule has 2 fully saturated rings. The Morgan fingerprint density at radius 3 is 2.66 bits per heavy atom. The Bertz CT molecular complexity index is 1360. The lowest BCUT2D eigenvalue weighted by Gasteiger charge is -2.26. The van der Waals surface area contributed by atoms with Crippen molar-refractivity contribution < 1.29 is 15.0 Å². The molecule has 3 aromatic rings. The molecule has 0 unspecified atom stereocenters. The fraction of sp³-hybridized carbons (Fsp3) is 0.481. The van der Waals surface area contributed by atoms with Gasteiger partial charge in [-0.3, -0.25) is 9.69 Å². The molecule has 8 nitrogen and oxygen atoms in total. The van der Waals surface area contributed by atoms with Gasteiger partial charge >= 0.3 is 5.97 Å². The van der Waals surface area contributed by atoms with E-state index in [0.717, 1.165) is 47.9 Å². The standard InChI is InChI=1S/C27H34N4O4/c1-5-19-24(28-26(33)23(25(19)32)27(34)35)15-6-8-21-17(10-15)11-18(30(21)4)13-31-12-16-7-9-22(29(2)3)20(16)14-31/h6,8,10-11,16,20,22H,5,7,9,12-14H2,1-4H3,(H,34,35)(H2,28,32,33)/t16-,20+,22-/m1/s1. The quantitative estimate of drug-likeness (QED) is 0.503. The molecular formula is C27H34N4O4. The zero-order valence-corrected chi connectivity index (χ0v) is 20.8. The van der Waals surface area contributed by atoms with E-state index in [0.29, 0.717) is 23.7 Å². The van der Waals surface area contributed by atoms with E-state index in [1.54, 1.807) is 0 Å². The Morgan fingerprint density at radius 1 is 1.20 bits per heavy atom. The number of aromatic nitrogens is 2. The lowest BCUT2D eigenvalue weighted by Crippen LogP contribution is -2.34. The molecule has 1 aliphatic heterocycles. The van der Waals surface area contributed by atoms with E-state index in [1.807, 2.05) is 25.1 Å². The third kappa shape index (κ3) is 3.94. The number of aromatic amines is 1. The van der Waals surface area contributed by atoms with Crippen molar-refractivity contribution in [2.45, 2.75) is 38.8 Å². The number of nitrogens with zero attached hydrogens (tertiary/aromatic N) is 3. The summed E-state index contributed by atoms with van der Waals surface area (Å²) >= 11 is 0. The first-order chi connectivity index (χ1) is 16.7. The Hall–Kier alpha value is -3.10. The molecule has 0 spiro atoms. The molecular weight excluding hydrogens is 444 g/mol. The minimum Gasteiger partial charge on any atom is -0.506 e. The van der Waals surface area contributed by atoms with Crippen LogP contribution in [0.5, 0.6) is 5.75 Å². The number of rotatable bonds is 6. The summed E-state index contributed by atoms with van der Waals surface area (Å²) in [6.07, 6.45) is 3.01. The van der Waals surface area contributed by atoms with Crippen LogP contribution in [0.15, 0.2) is 29.1 Å². The van der Waals surface area contributed by atoms with Crippen LogP contribution in [-0.4, -0.2) is 68.8 Å². The molecule has 2 aromatic heterocycles. The molecule has 1 aliphatic carbocycles. The minimum atomic E-state index is -1.43. The Labute approximate surface area is 204 Å². The summed E-state index contributed by atoms with van der Waals surface area (Å²) in [6, 6.07) is 8.82. The molecule has 2 aliphatic rings. The van der Waals surface area contributed by atoms with E-state index < -0.39 is 22.8 Å². The van der Waals surface area contributed by atoms with Crippen LogP contribution >= 0.6 is 0 Å². The van der Waals surface area contributed by atoms with Crippen LogP contribution in [0.4, 0.5) is 0 Å². The smallest absolute Gasteiger partial charge is 0.345 e. The van der Waals surface area contributed by atoms with Crippen LogP contribution in [0.2, 0.25) is 0 Å². The van der Waals surface area contributed by atoms with E-state index in [9.17, 15) is 19.8 Å². The number of H-pyrrole nitrogens is 1. The minimum absolute atomic E-state index is 0.390. The van der Waals surface area contributed by atoms with Crippen LogP contribution in [0.25, 0.3) is 22.2 Å². The maximum absolute atomic E-state index is 12.4. The second-order valence-corrected chi connectivity index (χ2v) is 10.4. The van der Waals surface area contributed by atoms with Crippen molar-refractivity contribution >= 4 is 16.9 Å². The molecule has 0 bridgehead atoms. The van der Waals surface area contributed by atoms with Crippen LogP contribution in [-0.2, 0) is 20.0 Å². The number of carbonyl (C=O) groups is 1. The molecule has 1 aromatic carbocycles. The zero-order chi connectivity index (χ0) is 25.0.